The van der Waals surface area contributed by atoms with E-state index in [2.05, 4.69) is 15.4 Å². The third kappa shape index (κ3) is 4.63. The van der Waals surface area contributed by atoms with Gasteiger partial charge in [-0.1, -0.05) is 18.2 Å². The quantitative estimate of drug-likeness (QED) is 0.354. The molecule has 0 bridgehead atoms. The molecule has 2 aromatic carbocycles. The number of rotatable bonds is 7. The molecule has 35 heavy (non-hydrogen) atoms. The van der Waals surface area contributed by atoms with E-state index in [0.717, 1.165) is 36.1 Å². The van der Waals surface area contributed by atoms with Crippen LogP contribution in [0.3, 0.4) is 0 Å². The number of urea groups is 1. The standard InChI is InChI=1S/C24H22F3N3O3S2/c25-24(26,27)17-2-1-3-18(11-17)29-23(32)30-21-10-15(4-7-20(21)16-8-9-34-13-16)12-28-35(33,14-22(35)31)19-5-6-19/h1-4,7-11,13,19H,5-6,12,14H2,(H,28,33)(H2,29,30,32). The van der Waals surface area contributed by atoms with Crippen LogP contribution in [0.4, 0.5) is 29.3 Å². The average molecular weight is 522 g/mol. The minimum absolute atomic E-state index is 0.00354. The maximum atomic E-state index is 13.4. The summed E-state index contributed by atoms with van der Waals surface area (Å²) >= 11 is 1.48. The van der Waals surface area contributed by atoms with Gasteiger partial charge in [0.2, 0.25) is 5.12 Å². The normalized spacial score (nSPS) is 19.4. The molecule has 184 valence electrons. The molecule has 0 unspecified atom stereocenters. The van der Waals surface area contributed by atoms with Gasteiger partial charge in [0.25, 0.3) is 0 Å². The van der Waals surface area contributed by atoms with Crippen molar-refractivity contribution in [3.63, 3.8) is 0 Å². The molecule has 2 fully saturated rings. The lowest BCUT2D eigenvalue weighted by Crippen LogP contribution is -2.40. The smallest absolute Gasteiger partial charge is 0.308 e. The van der Waals surface area contributed by atoms with Crippen molar-refractivity contribution in [2.24, 2.45) is 0 Å². The summed E-state index contributed by atoms with van der Waals surface area (Å²) in [6.45, 7) is 0.196. The van der Waals surface area contributed by atoms with Gasteiger partial charge in [0, 0.05) is 32.3 Å². The van der Waals surface area contributed by atoms with Gasteiger partial charge in [-0.15, -0.1) is 0 Å². The monoisotopic (exact) mass is 521 g/mol. The van der Waals surface area contributed by atoms with E-state index in [1.54, 1.807) is 6.07 Å². The molecular formula is C24H22F3N3O3S2. The molecule has 0 spiro atoms. The molecule has 0 atom stereocenters. The largest absolute Gasteiger partial charge is 0.416 e. The summed E-state index contributed by atoms with van der Waals surface area (Å²) in [6, 6.07) is 10.9. The Morgan fingerprint density at radius 2 is 1.86 bits per heavy atom. The Kier molecular flexibility index (Phi) is 5.61. The molecule has 1 saturated carbocycles. The fourth-order valence-corrected chi connectivity index (χ4v) is 8.41. The Morgan fingerprint density at radius 3 is 2.49 bits per heavy atom. The highest BCUT2D eigenvalue weighted by molar-refractivity contribution is 8.40. The number of carbonyl (C=O) groups is 2. The van der Waals surface area contributed by atoms with E-state index >= 15 is 0 Å². The predicted molar refractivity (Wildman–Crippen MR) is 132 cm³/mol. The third-order valence-corrected chi connectivity index (χ3v) is 11.2. The van der Waals surface area contributed by atoms with Crippen LogP contribution in [0.25, 0.3) is 11.1 Å². The maximum Gasteiger partial charge on any atom is 0.416 e. The molecule has 0 radical (unpaired) electrons. The van der Waals surface area contributed by atoms with Crippen LogP contribution >= 0.6 is 11.3 Å². The van der Waals surface area contributed by atoms with E-state index in [0.29, 0.717) is 11.3 Å². The molecule has 1 aliphatic heterocycles. The van der Waals surface area contributed by atoms with Crippen LogP contribution < -0.4 is 15.4 Å². The van der Waals surface area contributed by atoms with E-state index in [1.165, 1.54) is 23.5 Å². The Balaban J connectivity index is 1.36. The first-order chi connectivity index (χ1) is 16.6. The van der Waals surface area contributed by atoms with E-state index in [9.17, 15) is 27.0 Å². The summed E-state index contributed by atoms with van der Waals surface area (Å²) in [5, 5.41) is 8.67. The zero-order valence-corrected chi connectivity index (χ0v) is 20.0. The number of nitrogens with one attached hydrogen (secondary N) is 3. The third-order valence-electron chi connectivity index (χ3n) is 6.25. The van der Waals surface area contributed by atoms with Gasteiger partial charge in [0.15, 0.2) is 0 Å². The second-order valence-corrected chi connectivity index (χ2v) is 13.6. The van der Waals surface area contributed by atoms with Crippen molar-refractivity contribution in [3.8, 4) is 11.1 Å². The number of benzene rings is 2. The predicted octanol–water partition coefficient (Wildman–Crippen LogP) is 5.61. The Morgan fingerprint density at radius 1 is 1.09 bits per heavy atom. The number of hydrogen-bond donors (Lipinski definition) is 3. The second-order valence-electron chi connectivity index (χ2n) is 8.76. The first-order valence-electron chi connectivity index (χ1n) is 10.9. The number of thiophene rings is 1. The molecule has 2 amide bonds. The van der Waals surface area contributed by atoms with Crippen LogP contribution in [-0.4, -0.2) is 26.4 Å². The molecule has 2 heterocycles. The van der Waals surface area contributed by atoms with E-state index in [-0.39, 0.29) is 28.4 Å². The van der Waals surface area contributed by atoms with Gasteiger partial charge in [0.05, 0.1) is 17.0 Å². The van der Waals surface area contributed by atoms with Crippen LogP contribution in [0.1, 0.15) is 24.0 Å². The Bertz CT molecular complexity index is 1380. The number of halogens is 3. The van der Waals surface area contributed by atoms with Crippen LogP contribution in [0.5, 0.6) is 0 Å². The molecule has 2 aliphatic rings. The van der Waals surface area contributed by atoms with Gasteiger partial charge in [-0.2, -0.15) is 24.5 Å². The van der Waals surface area contributed by atoms with E-state index in [4.69, 9.17) is 0 Å². The van der Waals surface area contributed by atoms with Crippen molar-refractivity contribution >= 4 is 43.1 Å². The molecule has 11 heteroatoms. The van der Waals surface area contributed by atoms with Gasteiger partial charge in [-0.05, 0) is 65.1 Å². The summed E-state index contributed by atoms with van der Waals surface area (Å²) in [5.41, 5.74) is 1.88. The summed E-state index contributed by atoms with van der Waals surface area (Å²) in [6.07, 6.45) is -2.96. The van der Waals surface area contributed by atoms with Crippen LogP contribution in [0, 0.1) is 0 Å². The van der Waals surface area contributed by atoms with Crippen molar-refractivity contribution in [1.82, 2.24) is 4.72 Å². The van der Waals surface area contributed by atoms with Crippen molar-refractivity contribution < 1.29 is 27.0 Å². The lowest BCUT2D eigenvalue weighted by molar-refractivity contribution is -0.137. The molecule has 1 aliphatic carbocycles. The SMILES string of the molecule is O=C(Nc1cccc(C(F)(F)F)c1)Nc1cc(CNS2(=O)(C3CC3)CC2=O)ccc1-c1ccsc1. The lowest BCUT2D eigenvalue weighted by atomic mass is 10.0. The zero-order chi connectivity index (χ0) is 24.9. The summed E-state index contributed by atoms with van der Waals surface area (Å²) in [5.74, 6) is 0.0827. The molecule has 3 aromatic rings. The summed E-state index contributed by atoms with van der Waals surface area (Å²) in [4.78, 5) is 24.7. The number of carbonyl (C=O) groups excluding carboxylic acids is 2. The van der Waals surface area contributed by atoms with Crippen molar-refractivity contribution in [2.45, 2.75) is 30.8 Å². The van der Waals surface area contributed by atoms with Crippen LogP contribution in [0.15, 0.2) is 59.3 Å². The number of anilines is 2. The fraction of sp³-hybridized carbons (Fsp3) is 0.250. The minimum atomic E-state index is -4.52. The van der Waals surface area contributed by atoms with Crippen molar-refractivity contribution in [3.05, 3.63) is 70.4 Å². The van der Waals surface area contributed by atoms with Gasteiger partial charge in [0.1, 0.15) is 0 Å². The van der Waals surface area contributed by atoms with Crippen LogP contribution in [-0.2, 0) is 26.8 Å². The first kappa shape index (κ1) is 23.7. The topological polar surface area (TPSA) is 87.3 Å². The number of alkyl halides is 3. The van der Waals surface area contributed by atoms with Crippen molar-refractivity contribution in [2.75, 3.05) is 16.4 Å². The first-order valence-corrected chi connectivity index (χ1v) is 14.0. The molecule has 3 N–H and O–H groups in total. The fourth-order valence-electron chi connectivity index (χ4n) is 4.10. The highest BCUT2D eigenvalue weighted by atomic mass is 32.3. The average Bonchev–Trinajstić information content (AvgIpc) is 3.68. The van der Waals surface area contributed by atoms with Gasteiger partial charge in [-0.3, -0.25) is 9.00 Å². The van der Waals surface area contributed by atoms with Gasteiger partial charge < -0.3 is 10.6 Å². The molecular weight excluding hydrogens is 499 g/mol. The number of hydrogen-bond acceptors (Lipinski definition) is 4. The van der Waals surface area contributed by atoms with Gasteiger partial charge in [-0.25, -0.2) is 9.52 Å². The minimum Gasteiger partial charge on any atom is -0.308 e. The maximum absolute atomic E-state index is 13.4. The van der Waals surface area contributed by atoms with Gasteiger partial charge >= 0.3 is 12.2 Å². The van der Waals surface area contributed by atoms with E-state index < -0.39 is 27.0 Å². The molecule has 5 rings (SSSR count). The second kappa shape index (κ2) is 8.28. The molecule has 1 saturated heterocycles. The molecule has 1 aromatic heterocycles. The Hall–Kier alpha value is -3.02. The summed E-state index contributed by atoms with van der Waals surface area (Å²) in [7, 11) is -3.43. The van der Waals surface area contributed by atoms with Crippen molar-refractivity contribution in [1.29, 1.82) is 0 Å². The summed E-state index contributed by atoms with van der Waals surface area (Å²) < 4.78 is 55.4. The highest BCUT2D eigenvalue weighted by Crippen LogP contribution is 2.53. The van der Waals surface area contributed by atoms with Crippen LogP contribution in [0.2, 0.25) is 0 Å². The Labute approximate surface area is 203 Å². The van der Waals surface area contributed by atoms with E-state index in [1.807, 2.05) is 29.0 Å². The number of amides is 2. The highest BCUT2D eigenvalue weighted by Gasteiger charge is 2.68. The zero-order valence-electron chi connectivity index (χ0n) is 18.4. The lowest BCUT2D eigenvalue weighted by Gasteiger charge is -2.23. The molecule has 6 nitrogen and oxygen atoms in total.